The highest BCUT2D eigenvalue weighted by Gasteiger charge is 2.47. The van der Waals surface area contributed by atoms with Crippen molar-refractivity contribution in [3.63, 3.8) is 0 Å². The summed E-state index contributed by atoms with van der Waals surface area (Å²) in [5, 5.41) is 11.1. The van der Waals surface area contributed by atoms with E-state index >= 15 is 0 Å². The molecule has 7 heteroatoms. The second kappa shape index (κ2) is 10.0. The van der Waals surface area contributed by atoms with Gasteiger partial charge < -0.3 is 14.6 Å². The summed E-state index contributed by atoms with van der Waals surface area (Å²) >= 11 is 0. The minimum atomic E-state index is -0.919. The predicted molar refractivity (Wildman–Crippen MR) is 131 cm³/mol. The Labute approximate surface area is 203 Å². The number of hydrogen-bond acceptors (Lipinski definition) is 5. The lowest BCUT2D eigenvalue weighted by molar-refractivity contribution is -0.132. The quantitative estimate of drug-likeness (QED) is 0.278. The number of amides is 1. The van der Waals surface area contributed by atoms with Crippen LogP contribution in [0.1, 0.15) is 31.0 Å². The van der Waals surface area contributed by atoms with Crippen molar-refractivity contribution in [1.29, 1.82) is 0 Å². The number of methoxy groups -OCH3 is 1. The molecule has 0 spiro atoms. The number of halogens is 1. The van der Waals surface area contributed by atoms with E-state index in [2.05, 4.69) is 0 Å². The third kappa shape index (κ3) is 4.89. The summed E-state index contributed by atoms with van der Waals surface area (Å²) in [5.74, 6) is -0.943. The number of carbonyl (C=O) groups is 2. The first kappa shape index (κ1) is 24.0. The normalized spacial score (nSPS) is 17.2. The number of anilines is 1. The van der Waals surface area contributed by atoms with E-state index < -0.39 is 23.5 Å². The number of ketones is 1. The SMILES string of the molecule is COc1cccc(C2/C(=C(/O)c3ccc(F)cc3)C(=O)C(=O)N2c2ccc(OCC(C)C)cc2)c1. The van der Waals surface area contributed by atoms with Crippen LogP contribution in [0.3, 0.4) is 0 Å². The molecule has 1 fully saturated rings. The molecule has 1 amide bonds. The summed E-state index contributed by atoms with van der Waals surface area (Å²) < 4.78 is 24.5. The number of Topliss-reactive ketones (excluding diaryl/α,β-unsaturated/α-hetero) is 1. The fourth-order valence-electron chi connectivity index (χ4n) is 3.95. The second-order valence-electron chi connectivity index (χ2n) is 8.65. The van der Waals surface area contributed by atoms with Crippen molar-refractivity contribution in [2.24, 2.45) is 5.92 Å². The van der Waals surface area contributed by atoms with Gasteiger partial charge in [-0.1, -0.05) is 26.0 Å². The molecule has 3 aromatic carbocycles. The molecule has 1 aliphatic heterocycles. The maximum absolute atomic E-state index is 13.5. The molecule has 35 heavy (non-hydrogen) atoms. The Bertz CT molecular complexity index is 1270. The minimum absolute atomic E-state index is 0.0880. The molecular formula is C28H26FNO5. The lowest BCUT2D eigenvalue weighted by Gasteiger charge is -2.26. The van der Waals surface area contributed by atoms with Crippen molar-refractivity contribution in [2.75, 3.05) is 18.6 Å². The number of carbonyl (C=O) groups excluding carboxylic acids is 2. The van der Waals surface area contributed by atoms with Gasteiger partial charge in [0.2, 0.25) is 0 Å². The topological polar surface area (TPSA) is 76.1 Å². The molecule has 1 atom stereocenters. The zero-order chi connectivity index (χ0) is 25.1. The van der Waals surface area contributed by atoms with Crippen LogP contribution in [0.5, 0.6) is 11.5 Å². The van der Waals surface area contributed by atoms with Crippen molar-refractivity contribution in [3.05, 3.63) is 95.3 Å². The number of nitrogens with zero attached hydrogens (tertiary/aromatic N) is 1. The highest BCUT2D eigenvalue weighted by molar-refractivity contribution is 6.51. The fraction of sp³-hybridized carbons (Fsp3) is 0.214. The van der Waals surface area contributed by atoms with Gasteiger partial charge in [0, 0.05) is 11.3 Å². The van der Waals surface area contributed by atoms with Gasteiger partial charge in [-0.2, -0.15) is 0 Å². The molecule has 0 radical (unpaired) electrons. The molecule has 0 aliphatic carbocycles. The van der Waals surface area contributed by atoms with E-state index in [9.17, 15) is 19.1 Å². The highest BCUT2D eigenvalue weighted by Crippen LogP contribution is 2.43. The highest BCUT2D eigenvalue weighted by atomic mass is 19.1. The summed E-state index contributed by atoms with van der Waals surface area (Å²) in [4.78, 5) is 27.8. The largest absolute Gasteiger partial charge is 0.507 e. The zero-order valence-electron chi connectivity index (χ0n) is 19.7. The number of aliphatic hydroxyl groups is 1. The molecule has 4 rings (SSSR count). The lowest BCUT2D eigenvalue weighted by atomic mass is 9.95. The van der Waals surface area contributed by atoms with Gasteiger partial charge in [0.05, 0.1) is 25.3 Å². The molecule has 1 N–H and O–H groups in total. The van der Waals surface area contributed by atoms with Gasteiger partial charge in [-0.15, -0.1) is 0 Å². The van der Waals surface area contributed by atoms with E-state index in [1.165, 1.54) is 36.3 Å². The van der Waals surface area contributed by atoms with Gasteiger partial charge in [-0.25, -0.2) is 4.39 Å². The van der Waals surface area contributed by atoms with E-state index in [1.807, 2.05) is 13.8 Å². The first-order valence-corrected chi connectivity index (χ1v) is 11.2. The number of hydrogen-bond donors (Lipinski definition) is 1. The monoisotopic (exact) mass is 475 g/mol. The smallest absolute Gasteiger partial charge is 0.300 e. The van der Waals surface area contributed by atoms with Gasteiger partial charge in [0.15, 0.2) is 0 Å². The summed E-state index contributed by atoms with van der Waals surface area (Å²) in [5.41, 5.74) is 1.19. The molecule has 180 valence electrons. The minimum Gasteiger partial charge on any atom is -0.507 e. The van der Waals surface area contributed by atoms with Crippen molar-refractivity contribution in [1.82, 2.24) is 0 Å². The summed E-state index contributed by atoms with van der Waals surface area (Å²) in [6, 6.07) is 18.0. The van der Waals surface area contributed by atoms with Crippen LogP contribution < -0.4 is 14.4 Å². The maximum atomic E-state index is 13.5. The van der Waals surface area contributed by atoms with E-state index in [4.69, 9.17) is 9.47 Å². The second-order valence-corrected chi connectivity index (χ2v) is 8.65. The molecule has 1 unspecified atom stereocenters. The Morgan fingerprint density at radius 2 is 1.69 bits per heavy atom. The van der Waals surface area contributed by atoms with Crippen molar-refractivity contribution in [3.8, 4) is 11.5 Å². The number of rotatable bonds is 7. The average Bonchev–Trinajstić information content (AvgIpc) is 3.13. The van der Waals surface area contributed by atoms with Crippen LogP contribution in [0.2, 0.25) is 0 Å². The molecule has 6 nitrogen and oxygen atoms in total. The Hall–Kier alpha value is -4.13. The van der Waals surface area contributed by atoms with Gasteiger partial charge in [-0.05, 0) is 72.1 Å². The third-order valence-corrected chi connectivity index (χ3v) is 5.67. The number of ether oxygens (including phenoxy) is 2. The van der Waals surface area contributed by atoms with Crippen LogP contribution >= 0.6 is 0 Å². The molecular weight excluding hydrogens is 449 g/mol. The summed E-state index contributed by atoms with van der Waals surface area (Å²) in [6.07, 6.45) is 0. The van der Waals surface area contributed by atoms with Crippen LogP contribution in [0.4, 0.5) is 10.1 Å². The molecule has 0 aromatic heterocycles. The van der Waals surface area contributed by atoms with Gasteiger partial charge in [0.1, 0.15) is 23.1 Å². The van der Waals surface area contributed by atoms with Crippen LogP contribution in [0.15, 0.2) is 78.4 Å². The zero-order valence-corrected chi connectivity index (χ0v) is 19.7. The molecule has 1 saturated heterocycles. The third-order valence-electron chi connectivity index (χ3n) is 5.67. The average molecular weight is 476 g/mol. The molecule has 1 heterocycles. The van der Waals surface area contributed by atoms with Crippen LogP contribution in [0, 0.1) is 11.7 Å². The van der Waals surface area contributed by atoms with Crippen LogP contribution in [-0.2, 0) is 9.59 Å². The van der Waals surface area contributed by atoms with E-state index in [-0.39, 0.29) is 16.9 Å². The van der Waals surface area contributed by atoms with Crippen LogP contribution in [0.25, 0.3) is 5.76 Å². The molecule has 0 saturated carbocycles. The first-order chi connectivity index (χ1) is 16.8. The number of aliphatic hydroxyl groups excluding tert-OH is 1. The fourth-order valence-corrected chi connectivity index (χ4v) is 3.95. The molecule has 0 bridgehead atoms. The summed E-state index contributed by atoms with van der Waals surface area (Å²) in [7, 11) is 1.52. The molecule has 3 aromatic rings. The number of benzene rings is 3. The lowest BCUT2D eigenvalue weighted by Crippen LogP contribution is -2.29. The van der Waals surface area contributed by atoms with Crippen molar-refractivity contribution in [2.45, 2.75) is 19.9 Å². The van der Waals surface area contributed by atoms with E-state index in [1.54, 1.807) is 48.5 Å². The van der Waals surface area contributed by atoms with E-state index in [0.717, 1.165) is 0 Å². The van der Waals surface area contributed by atoms with Gasteiger partial charge >= 0.3 is 0 Å². The Balaban J connectivity index is 1.83. The molecule has 1 aliphatic rings. The Kier molecular flexibility index (Phi) is 6.87. The van der Waals surface area contributed by atoms with Crippen molar-refractivity contribution < 1.29 is 28.6 Å². The van der Waals surface area contributed by atoms with E-state index in [0.29, 0.717) is 35.3 Å². The summed E-state index contributed by atoms with van der Waals surface area (Å²) in [6.45, 7) is 4.64. The predicted octanol–water partition coefficient (Wildman–Crippen LogP) is 5.50. The Morgan fingerprint density at radius 3 is 2.31 bits per heavy atom. The van der Waals surface area contributed by atoms with Crippen molar-refractivity contribution >= 4 is 23.1 Å². The Morgan fingerprint density at radius 1 is 1.00 bits per heavy atom. The standard InChI is InChI=1S/C28H26FNO5/c1-17(2)16-35-22-13-11-21(12-14-22)30-25(19-5-4-6-23(15-19)34-3)24(27(32)28(30)33)26(31)18-7-9-20(29)10-8-18/h4-15,17,25,31H,16H2,1-3H3/b26-24-. The maximum Gasteiger partial charge on any atom is 0.300 e. The van der Waals surface area contributed by atoms with Crippen LogP contribution in [-0.4, -0.2) is 30.5 Å². The van der Waals surface area contributed by atoms with Gasteiger partial charge in [0.25, 0.3) is 11.7 Å². The van der Waals surface area contributed by atoms with Gasteiger partial charge in [-0.3, -0.25) is 14.5 Å². The first-order valence-electron chi connectivity index (χ1n) is 11.2.